The zero-order valence-corrected chi connectivity index (χ0v) is 23.1. The number of hydrogen-bond donors (Lipinski definition) is 0. The van der Waals surface area contributed by atoms with E-state index in [1.807, 2.05) is 55.3 Å². The van der Waals surface area contributed by atoms with E-state index in [0.29, 0.717) is 73.5 Å². The highest BCUT2D eigenvalue weighted by molar-refractivity contribution is 6.13. The normalized spacial score (nSPS) is 12.7. The molecule has 1 amide bonds. The molecule has 0 unspecified atom stereocenters. The summed E-state index contributed by atoms with van der Waals surface area (Å²) < 4.78 is 16.4. The number of amides is 1. The van der Waals surface area contributed by atoms with Gasteiger partial charge in [-0.1, -0.05) is 24.3 Å². The number of carbonyl (C=O) groups is 2. The van der Waals surface area contributed by atoms with Crippen LogP contribution in [0.5, 0.6) is 5.75 Å². The second kappa shape index (κ2) is 13.3. The van der Waals surface area contributed by atoms with Crippen LogP contribution in [0.1, 0.15) is 58.3 Å². The van der Waals surface area contributed by atoms with Gasteiger partial charge in [-0.2, -0.15) is 0 Å². The number of hydrogen-bond acceptors (Lipinski definition) is 8. The van der Waals surface area contributed by atoms with E-state index >= 15 is 0 Å². The van der Waals surface area contributed by atoms with Gasteiger partial charge in [0.05, 0.1) is 37.8 Å². The number of ketones is 1. The molecule has 0 aliphatic carbocycles. The summed E-state index contributed by atoms with van der Waals surface area (Å²) in [6.45, 7) is 4.43. The first-order valence-corrected chi connectivity index (χ1v) is 13.3. The molecule has 1 aliphatic heterocycles. The first kappa shape index (κ1) is 28.2. The van der Waals surface area contributed by atoms with Crippen molar-refractivity contribution in [3.8, 4) is 5.75 Å². The summed E-state index contributed by atoms with van der Waals surface area (Å²) in [7, 11) is 5.22. The molecule has 0 radical (unpaired) electrons. The molecule has 4 rings (SSSR count). The maximum atomic E-state index is 13.0. The molecule has 0 fully saturated rings. The topological polar surface area (TPSA) is 94.1 Å². The zero-order valence-electron chi connectivity index (χ0n) is 23.1. The Labute approximate surface area is 229 Å². The number of anilines is 3. The number of Topliss-reactive ketones (excluding diaryl/α,β-unsaturated/α-hetero) is 1. The molecule has 0 saturated carbocycles. The van der Waals surface area contributed by atoms with E-state index in [1.165, 1.54) is 0 Å². The summed E-state index contributed by atoms with van der Waals surface area (Å²) in [6, 6.07) is 13.0. The largest absolute Gasteiger partial charge is 0.496 e. The fourth-order valence-corrected chi connectivity index (χ4v) is 4.55. The van der Waals surface area contributed by atoms with Crippen molar-refractivity contribution in [2.45, 2.75) is 32.6 Å². The molecule has 9 nitrogen and oxygen atoms in total. The zero-order chi connectivity index (χ0) is 27.8. The second-order valence-corrected chi connectivity index (χ2v) is 9.33. The van der Waals surface area contributed by atoms with Crippen molar-refractivity contribution in [1.82, 2.24) is 9.97 Å². The summed E-state index contributed by atoms with van der Waals surface area (Å²) in [6.07, 6.45) is 4.13. The Hall–Kier alpha value is -3.82. The molecular weight excluding hydrogens is 496 g/mol. The van der Waals surface area contributed by atoms with Crippen molar-refractivity contribution >= 4 is 28.9 Å². The van der Waals surface area contributed by atoms with Crippen molar-refractivity contribution in [3.05, 3.63) is 71.2 Å². The maximum Gasteiger partial charge on any atom is 0.260 e. The van der Waals surface area contributed by atoms with Gasteiger partial charge in [-0.25, -0.2) is 9.97 Å². The summed E-state index contributed by atoms with van der Waals surface area (Å²) in [5.74, 6) is 1.81. The van der Waals surface area contributed by atoms with Crippen LogP contribution < -0.4 is 14.5 Å². The predicted octanol–water partition coefficient (Wildman–Crippen LogP) is 4.84. The number of unbranched alkanes of at least 4 members (excludes halogenated alkanes) is 1. The van der Waals surface area contributed by atoms with Crippen molar-refractivity contribution in [3.63, 3.8) is 0 Å². The van der Waals surface area contributed by atoms with Gasteiger partial charge in [-0.3, -0.25) is 9.59 Å². The van der Waals surface area contributed by atoms with Gasteiger partial charge in [0.2, 0.25) is 0 Å². The average Bonchev–Trinajstić information content (AvgIpc) is 3.04. The fraction of sp³-hybridized carbons (Fsp3) is 0.400. The van der Waals surface area contributed by atoms with Gasteiger partial charge in [-0.05, 0) is 38.0 Å². The van der Waals surface area contributed by atoms with Crippen LogP contribution in [0.15, 0.2) is 48.7 Å². The van der Waals surface area contributed by atoms with Gasteiger partial charge < -0.3 is 24.0 Å². The highest BCUT2D eigenvalue weighted by atomic mass is 16.5. The molecule has 0 N–H and O–H groups in total. The maximum absolute atomic E-state index is 13.0. The molecule has 9 heteroatoms. The summed E-state index contributed by atoms with van der Waals surface area (Å²) in [5, 5.41) is 0. The van der Waals surface area contributed by atoms with Crippen LogP contribution in [-0.2, 0) is 15.9 Å². The molecule has 2 heterocycles. The summed E-state index contributed by atoms with van der Waals surface area (Å²) >= 11 is 0. The van der Waals surface area contributed by atoms with Crippen LogP contribution in [0.25, 0.3) is 0 Å². The number of aromatic nitrogens is 2. The Bertz CT molecular complexity index is 1310. The third-order valence-electron chi connectivity index (χ3n) is 6.76. The van der Waals surface area contributed by atoms with Crippen LogP contribution in [0.3, 0.4) is 0 Å². The highest BCUT2D eigenvalue weighted by Crippen LogP contribution is 2.37. The number of benzene rings is 2. The van der Waals surface area contributed by atoms with Crippen molar-refractivity contribution in [2.24, 2.45) is 0 Å². The van der Waals surface area contributed by atoms with E-state index in [4.69, 9.17) is 19.2 Å². The Balaban J connectivity index is 1.44. The van der Waals surface area contributed by atoms with Gasteiger partial charge in [0.25, 0.3) is 5.91 Å². The number of para-hydroxylation sites is 1. The number of ether oxygens (including phenoxy) is 3. The molecule has 206 valence electrons. The Morgan fingerprint density at radius 2 is 1.74 bits per heavy atom. The molecule has 0 saturated heterocycles. The van der Waals surface area contributed by atoms with Crippen LogP contribution >= 0.6 is 0 Å². The lowest BCUT2D eigenvalue weighted by atomic mass is 10.0. The molecule has 1 aliphatic rings. The summed E-state index contributed by atoms with van der Waals surface area (Å²) in [4.78, 5) is 38.7. The lowest BCUT2D eigenvalue weighted by Crippen LogP contribution is -2.25. The smallest absolute Gasteiger partial charge is 0.260 e. The monoisotopic (exact) mass is 532 g/mol. The first-order chi connectivity index (χ1) is 18.9. The van der Waals surface area contributed by atoms with Gasteiger partial charge in [0.15, 0.2) is 11.6 Å². The quantitative estimate of drug-likeness (QED) is 0.228. The Morgan fingerprint density at radius 3 is 2.54 bits per heavy atom. The minimum absolute atomic E-state index is 0.0726. The number of methoxy groups -OCH3 is 1. The van der Waals surface area contributed by atoms with E-state index in [2.05, 4.69) is 4.98 Å². The third-order valence-corrected chi connectivity index (χ3v) is 6.76. The van der Waals surface area contributed by atoms with Crippen molar-refractivity contribution in [2.75, 3.05) is 57.4 Å². The van der Waals surface area contributed by atoms with Crippen LogP contribution in [0.4, 0.5) is 17.2 Å². The second-order valence-electron chi connectivity index (χ2n) is 9.33. The van der Waals surface area contributed by atoms with Crippen molar-refractivity contribution in [1.29, 1.82) is 0 Å². The third kappa shape index (κ3) is 6.61. The lowest BCUT2D eigenvalue weighted by molar-refractivity contribution is 0.0511. The Kier molecular flexibility index (Phi) is 9.62. The number of carbonyl (C=O) groups excluding carboxylic acids is 2. The van der Waals surface area contributed by atoms with Gasteiger partial charge in [-0.15, -0.1) is 0 Å². The minimum atomic E-state index is -0.108. The molecule has 0 spiro atoms. The predicted molar refractivity (Wildman–Crippen MR) is 151 cm³/mol. The average molecular weight is 533 g/mol. The molecule has 0 atom stereocenters. The Morgan fingerprint density at radius 1 is 0.949 bits per heavy atom. The molecule has 2 aromatic carbocycles. The van der Waals surface area contributed by atoms with Gasteiger partial charge in [0, 0.05) is 51.3 Å². The molecule has 1 aromatic heterocycles. The fourth-order valence-electron chi connectivity index (χ4n) is 4.55. The van der Waals surface area contributed by atoms with Crippen LogP contribution in [-0.4, -0.2) is 69.3 Å². The number of fused-ring (bicyclic) bond motifs is 2. The van der Waals surface area contributed by atoms with Crippen molar-refractivity contribution < 1.29 is 23.8 Å². The van der Waals surface area contributed by atoms with E-state index in [1.54, 1.807) is 31.3 Å². The number of rotatable bonds is 13. The van der Waals surface area contributed by atoms with E-state index in [9.17, 15) is 9.59 Å². The van der Waals surface area contributed by atoms with E-state index < -0.39 is 0 Å². The lowest BCUT2D eigenvalue weighted by Gasteiger charge is -2.21. The van der Waals surface area contributed by atoms with Crippen LogP contribution in [0, 0.1) is 0 Å². The van der Waals surface area contributed by atoms with Crippen LogP contribution in [0.2, 0.25) is 0 Å². The standard InChI is InChI=1S/C30H36N4O5/c1-5-38-16-17-39-15-9-8-12-26(35)21-13-14-22(27(18-21)37-4)19-28-31-20-25-29(32-28)33(2)24-11-7-6-10-23(24)30(36)34(25)3/h6-7,10-11,13-14,18,20H,5,8-9,12,15-17,19H2,1-4H3. The number of nitrogens with zero attached hydrogens (tertiary/aromatic N) is 4. The van der Waals surface area contributed by atoms with E-state index in [-0.39, 0.29) is 11.7 Å². The first-order valence-electron chi connectivity index (χ1n) is 13.3. The van der Waals surface area contributed by atoms with Gasteiger partial charge >= 0.3 is 0 Å². The van der Waals surface area contributed by atoms with E-state index in [0.717, 1.165) is 24.1 Å². The summed E-state index contributed by atoms with van der Waals surface area (Å²) in [5.41, 5.74) is 3.52. The van der Waals surface area contributed by atoms with Gasteiger partial charge in [0.1, 0.15) is 17.3 Å². The highest BCUT2D eigenvalue weighted by Gasteiger charge is 2.28. The minimum Gasteiger partial charge on any atom is -0.496 e. The molecule has 3 aromatic rings. The SMILES string of the molecule is CCOCCOCCCCC(=O)c1ccc(Cc2ncc3c(n2)N(C)c2ccccc2C(=O)N3C)c(OC)c1. The molecular formula is C30H36N4O5. The molecule has 39 heavy (non-hydrogen) atoms. The molecule has 0 bridgehead atoms.